The molecule has 0 radical (unpaired) electrons. The van der Waals surface area contributed by atoms with Crippen LogP contribution in [-0.4, -0.2) is 51.5 Å². The monoisotopic (exact) mass is 362 g/mol. The van der Waals surface area contributed by atoms with Crippen molar-refractivity contribution in [2.45, 2.75) is 97.7 Å². The molecule has 1 aliphatic rings. The van der Waals surface area contributed by atoms with Crippen molar-refractivity contribution in [3.05, 3.63) is 0 Å². The first kappa shape index (κ1) is 22.1. The summed E-state index contributed by atoms with van der Waals surface area (Å²) in [5, 5.41) is 0. The van der Waals surface area contributed by atoms with Crippen LogP contribution in [0.15, 0.2) is 0 Å². The van der Waals surface area contributed by atoms with E-state index in [0.29, 0.717) is 19.3 Å². The van der Waals surface area contributed by atoms with Gasteiger partial charge in [-0.25, -0.2) is 0 Å². The third-order valence-corrected chi connectivity index (χ3v) is 6.60. The molecule has 0 bridgehead atoms. The molecule has 1 fully saturated rings. The van der Waals surface area contributed by atoms with Gasteiger partial charge in [0.05, 0.1) is 30.0 Å². The molecule has 1 aliphatic heterocycles. The van der Waals surface area contributed by atoms with E-state index in [1.807, 2.05) is 62.3 Å². The van der Waals surface area contributed by atoms with E-state index in [4.69, 9.17) is 22.8 Å². The number of hydrogen-bond donors (Lipinski definition) is 0. The van der Waals surface area contributed by atoms with Gasteiger partial charge in [-0.2, -0.15) is 0 Å². The van der Waals surface area contributed by atoms with Gasteiger partial charge in [0.15, 0.2) is 0 Å². The van der Waals surface area contributed by atoms with Crippen LogP contribution < -0.4 is 0 Å². The molecule has 1 saturated heterocycles. The highest BCUT2D eigenvalue weighted by Gasteiger charge is 2.49. The molecule has 0 N–H and O–H groups in total. The summed E-state index contributed by atoms with van der Waals surface area (Å²) >= 11 is 0. The van der Waals surface area contributed by atoms with Crippen molar-refractivity contribution < 1.29 is 22.8 Å². The molecule has 0 aromatic heterocycles. The van der Waals surface area contributed by atoms with Crippen molar-refractivity contribution in [2.75, 3.05) is 19.8 Å². The lowest BCUT2D eigenvalue weighted by Gasteiger charge is -2.43. The molecule has 5 nitrogen and oxygen atoms in total. The minimum atomic E-state index is -2.87. The zero-order valence-electron chi connectivity index (χ0n) is 17.2. The smallest absolute Gasteiger partial charge is 0.379 e. The molecule has 0 aliphatic carbocycles. The van der Waals surface area contributed by atoms with Crippen LogP contribution in [0.3, 0.4) is 0 Å². The minimum absolute atomic E-state index is 0.300. The molecule has 144 valence electrons. The lowest BCUT2D eigenvalue weighted by atomic mass is 10.2. The maximum atomic E-state index is 6.43. The number of hydrogen-bond acceptors (Lipinski definition) is 5. The molecule has 1 heterocycles. The Hall–Kier alpha value is 0.0169. The number of ether oxygens (including phenoxy) is 2. The number of rotatable bonds is 9. The average Bonchev–Trinajstić information content (AvgIpc) is 3.04. The molecule has 1 atom stereocenters. The second kappa shape index (κ2) is 8.14. The van der Waals surface area contributed by atoms with Crippen LogP contribution in [0.4, 0.5) is 0 Å². The van der Waals surface area contributed by atoms with Crippen molar-refractivity contribution in [1.29, 1.82) is 0 Å². The summed E-state index contributed by atoms with van der Waals surface area (Å²) in [4.78, 5) is 0. The molecule has 1 rings (SSSR count). The van der Waals surface area contributed by atoms with Gasteiger partial charge in [-0.1, -0.05) is 0 Å². The van der Waals surface area contributed by atoms with E-state index >= 15 is 0 Å². The van der Waals surface area contributed by atoms with E-state index in [2.05, 4.69) is 0 Å². The van der Waals surface area contributed by atoms with Gasteiger partial charge in [-0.3, -0.25) is 0 Å². The second-order valence-electron chi connectivity index (χ2n) is 9.46. The Bertz CT molecular complexity index is 334. The zero-order chi connectivity index (χ0) is 18.6. The quantitative estimate of drug-likeness (QED) is 0.350. The van der Waals surface area contributed by atoms with E-state index in [0.717, 1.165) is 19.1 Å². The maximum absolute atomic E-state index is 6.43. The normalized spacial score (nSPS) is 19.6. The van der Waals surface area contributed by atoms with Crippen molar-refractivity contribution in [3.8, 4) is 0 Å². The predicted molar refractivity (Wildman–Crippen MR) is 98.3 cm³/mol. The standard InChI is InChI=1S/C18H38O5Si/c1-16(2,3)21-24(22-17(4,5)6,23-18(7,8)9)12-10-11-19-13-15-14-20-15/h15H,10-14H2,1-9H3. The second-order valence-corrected chi connectivity index (χ2v) is 11.9. The maximum Gasteiger partial charge on any atom is 0.502 e. The highest BCUT2D eigenvalue weighted by molar-refractivity contribution is 6.61. The van der Waals surface area contributed by atoms with Crippen LogP contribution in [0.2, 0.25) is 6.04 Å². The first-order chi connectivity index (χ1) is 10.7. The van der Waals surface area contributed by atoms with Gasteiger partial charge in [0.1, 0.15) is 6.10 Å². The lowest BCUT2D eigenvalue weighted by Crippen LogP contribution is -2.57. The fourth-order valence-corrected chi connectivity index (χ4v) is 6.19. The molecule has 0 saturated carbocycles. The Morgan fingerprint density at radius 1 is 0.833 bits per heavy atom. The molecule has 0 aromatic rings. The van der Waals surface area contributed by atoms with Gasteiger partial charge < -0.3 is 22.8 Å². The first-order valence-corrected chi connectivity index (χ1v) is 10.9. The Balaban J connectivity index is 2.77. The van der Waals surface area contributed by atoms with Crippen LogP contribution in [0.1, 0.15) is 68.7 Å². The van der Waals surface area contributed by atoms with Crippen LogP contribution >= 0.6 is 0 Å². The highest BCUT2D eigenvalue weighted by Crippen LogP contribution is 2.32. The summed E-state index contributed by atoms with van der Waals surface area (Å²) in [5.41, 5.74) is -0.984. The van der Waals surface area contributed by atoms with E-state index < -0.39 is 8.80 Å². The van der Waals surface area contributed by atoms with E-state index in [1.54, 1.807) is 0 Å². The van der Waals surface area contributed by atoms with Crippen molar-refractivity contribution in [2.24, 2.45) is 0 Å². The fraction of sp³-hybridized carbons (Fsp3) is 1.00. The molecule has 0 spiro atoms. The topological polar surface area (TPSA) is 49.5 Å². The summed E-state index contributed by atoms with van der Waals surface area (Å²) < 4.78 is 30.1. The molecular formula is C18H38O5Si. The predicted octanol–water partition coefficient (Wildman–Crippen LogP) is 4.18. The highest BCUT2D eigenvalue weighted by atomic mass is 28.4. The van der Waals surface area contributed by atoms with Gasteiger partial charge in [0.25, 0.3) is 0 Å². The minimum Gasteiger partial charge on any atom is -0.379 e. The third-order valence-electron chi connectivity index (χ3n) is 2.86. The van der Waals surface area contributed by atoms with Gasteiger partial charge >= 0.3 is 8.80 Å². The van der Waals surface area contributed by atoms with Gasteiger partial charge in [0, 0.05) is 12.7 Å². The summed E-state index contributed by atoms with van der Waals surface area (Å²) in [6.45, 7) is 20.6. The molecule has 0 amide bonds. The Morgan fingerprint density at radius 3 is 1.58 bits per heavy atom. The van der Waals surface area contributed by atoms with Crippen LogP contribution in [0.5, 0.6) is 0 Å². The van der Waals surface area contributed by atoms with Crippen molar-refractivity contribution in [1.82, 2.24) is 0 Å². The molecule has 24 heavy (non-hydrogen) atoms. The number of epoxide rings is 1. The van der Waals surface area contributed by atoms with E-state index in [9.17, 15) is 0 Å². The molecule has 0 aromatic carbocycles. The lowest BCUT2D eigenvalue weighted by molar-refractivity contribution is -0.0761. The molecule has 6 heteroatoms. The summed E-state index contributed by atoms with van der Waals surface area (Å²) in [5.74, 6) is 0. The van der Waals surface area contributed by atoms with E-state index in [1.165, 1.54) is 0 Å². The fourth-order valence-electron chi connectivity index (χ4n) is 2.38. The zero-order valence-corrected chi connectivity index (χ0v) is 18.2. The van der Waals surface area contributed by atoms with Crippen molar-refractivity contribution in [3.63, 3.8) is 0 Å². The largest absolute Gasteiger partial charge is 0.502 e. The van der Waals surface area contributed by atoms with Crippen LogP contribution in [0, 0.1) is 0 Å². The average molecular weight is 363 g/mol. The summed E-state index contributed by atoms with van der Waals surface area (Å²) in [7, 11) is -2.87. The van der Waals surface area contributed by atoms with Gasteiger partial charge in [0.2, 0.25) is 0 Å². The van der Waals surface area contributed by atoms with Crippen molar-refractivity contribution >= 4 is 8.80 Å². The summed E-state index contributed by atoms with van der Waals surface area (Å²) in [6, 6.07) is 0.740. The van der Waals surface area contributed by atoms with Crippen LogP contribution in [0.25, 0.3) is 0 Å². The molecular weight excluding hydrogens is 324 g/mol. The van der Waals surface area contributed by atoms with Gasteiger partial charge in [-0.15, -0.1) is 0 Å². The summed E-state index contributed by atoms with van der Waals surface area (Å²) in [6.07, 6.45) is 1.15. The molecule has 1 unspecified atom stereocenters. The van der Waals surface area contributed by atoms with E-state index in [-0.39, 0.29) is 16.8 Å². The Labute approximate surface area is 149 Å². The SMILES string of the molecule is CC(C)(C)O[Si](CCCOCC1CO1)(OC(C)(C)C)OC(C)(C)C. The Morgan fingerprint density at radius 2 is 1.25 bits per heavy atom. The van der Waals surface area contributed by atoms with Crippen LogP contribution in [-0.2, 0) is 22.8 Å². The first-order valence-electron chi connectivity index (χ1n) is 9.00. The van der Waals surface area contributed by atoms with Gasteiger partial charge in [-0.05, 0) is 68.7 Å². The third kappa shape index (κ3) is 10.8. The Kier molecular flexibility index (Phi) is 7.48.